The molecular weight excluding hydrogens is 492 g/mol. The molecule has 2 spiro atoms. The Labute approximate surface area is 222 Å². The molecule has 8 fully saturated rings. The summed E-state index contributed by atoms with van der Waals surface area (Å²) in [6.45, 7) is 7.16. The summed E-state index contributed by atoms with van der Waals surface area (Å²) in [7, 11) is 0. The van der Waals surface area contributed by atoms with Crippen LogP contribution in [0.25, 0.3) is 0 Å². The van der Waals surface area contributed by atoms with Crippen LogP contribution >= 0.6 is 0 Å². The molecule has 8 aliphatic rings. The van der Waals surface area contributed by atoms with Gasteiger partial charge in [0, 0.05) is 63.9 Å². The predicted molar refractivity (Wildman–Crippen MR) is 134 cm³/mol. The van der Waals surface area contributed by atoms with Crippen LogP contribution in [-0.4, -0.2) is 92.2 Å². The molecule has 4 aliphatic heterocycles. The zero-order chi connectivity index (χ0) is 25.2. The van der Waals surface area contributed by atoms with E-state index >= 15 is 0 Å². The van der Waals surface area contributed by atoms with E-state index in [0.29, 0.717) is 82.0 Å². The van der Waals surface area contributed by atoms with Crippen LogP contribution in [0.2, 0.25) is 0 Å². The van der Waals surface area contributed by atoms with Crippen molar-refractivity contribution < 1.29 is 29.0 Å². The van der Waals surface area contributed by atoms with Crippen LogP contribution in [0.15, 0.2) is 0 Å². The molecule has 4 bridgehead atoms. The van der Waals surface area contributed by atoms with E-state index in [9.17, 15) is 0 Å². The molecule has 38 heavy (non-hydrogen) atoms. The molecule has 0 amide bonds. The number of hydrogen-bond donors (Lipinski definition) is 0. The molecule has 0 N–H and O–H groups in total. The zero-order valence-corrected chi connectivity index (χ0v) is 22.0. The van der Waals surface area contributed by atoms with Crippen molar-refractivity contribution in [3.05, 3.63) is 0 Å². The summed E-state index contributed by atoms with van der Waals surface area (Å²) in [6, 6.07) is 0. The van der Waals surface area contributed by atoms with Gasteiger partial charge in [0.1, 0.15) is 0 Å². The smallest absolute Gasteiger partial charge is 0.239 e. The molecule has 1 aromatic rings. The number of rotatable bonds is 3. The number of ether oxygens (including phenoxy) is 2. The fourth-order valence-electron chi connectivity index (χ4n) is 7.93. The number of morpholine rings is 2. The normalized spacial score (nSPS) is 35.8. The predicted octanol–water partition coefficient (Wildman–Crippen LogP) is 1.90. The van der Waals surface area contributed by atoms with Crippen molar-refractivity contribution in [2.24, 2.45) is 23.7 Å². The maximum atomic E-state index is 6.23. The van der Waals surface area contributed by atoms with E-state index < -0.39 is 11.6 Å². The minimum atomic E-state index is -0.885. The summed E-state index contributed by atoms with van der Waals surface area (Å²) in [5.74, 6) is 2.89. The number of nitrogens with zero attached hydrogens (tertiary/aromatic N) is 6. The van der Waals surface area contributed by atoms with Gasteiger partial charge in [-0.05, 0) is 43.9 Å². The highest BCUT2D eigenvalue weighted by molar-refractivity contribution is 5.47. The third-order valence-electron chi connectivity index (χ3n) is 9.92. The minimum absolute atomic E-state index is 0.374. The van der Waals surface area contributed by atoms with Crippen molar-refractivity contribution >= 4 is 17.8 Å². The van der Waals surface area contributed by atoms with Crippen LogP contribution in [-0.2, 0) is 29.0 Å². The average Bonchev–Trinajstić information content (AvgIpc) is 2.98. The Morgan fingerprint density at radius 3 is 1.39 bits per heavy atom. The number of hydrogen-bond acceptors (Lipinski definition) is 12. The molecule has 12 nitrogen and oxygen atoms in total. The second kappa shape index (κ2) is 9.38. The molecule has 208 valence electrons. The molecule has 4 saturated carbocycles. The van der Waals surface area contributed by atoms with Gasteiger partial charge in [0.2, 0.25) is 29.4 Å². The Morgan fingerprint density at radius 1 is 0.526 bits per heavy atom. The molecule has 5 heterocycles. The van der Waals surface area contributed by atoms with E-state index in [0.717, 1.165) is 63.7 Å². The van der Waals surface area contributed by atoms with Crippen LogP contribution in [0.1, 0.15) is 44.9 Å². The lowest BCUT2D eigenvalue weighted by molar-refractivity contribution is -0.679. The van der Waals surface area contributed by atoms with Gasteiger partial charge in [-0.15, -0.1) is 0 Å². The van der Waals surface area contributed by atoms with Crippen molar-refractivity contribution in [2.45, 2.75) is 56.5 Å². The largest absolute Gasteiger partial charge is 0.378 e. The molecule has 0 radical (unpaired) electrons. The summed E-state index contributed by atoms with van der Waals surface area (Å²) in [5.41, 5.74) is 0. The van der Waals surface area contributed by atoms with E-state index in [1.54, 1.807) is 0 Å². The van der Waals surface area contributed by atoms with Crippen molar-refractivity contribution in [1.29, 1.82) is 0 Å². The van der Waals surface area contributed by atoms with Crippen LogP contribution in [0.5, 0.6) is 0 Å². The third kappa shape index (κ3) is 4.06. The highest BCUT2D eigenvalue weighted by atomic mass is 17.4. The van der Waals surface area contributed by atoms with E-state index in [-0.39, 0.29) is 0 Å². The Kier molecular flexibility index (Phi) is 5.92. The summed E-state index contributed by atoms with van der Waals surface area (Å²) < 4.78 is 11.1. The maximum Gasteiger partial charge on any atom is 0.239 e. The van der Waals surface area contributed by atoms with Gasteiger partial charge in [-0.1, -0.05) is 0 Å². The fourth-order valence-corrected chi connectivity index (χ4v) is 7.93. The first-order valence-corrected chi connectivity index (χ1v) is 14.6. The fraction of sp³-hybridized carbons (Fsp3) is 0.885. The van der Waals surface area contributed by atoms with Gasteiger partial charge in [-0.3, -0.25) is 0 Å². The van der Waals surface area contributed by atoms with Gasteiger partial charge < -0.3 is 24.2 Å². The van der Waals surface area contributed by atoms with Gasteiger partial charge in [0.25, 0.3) is 0 Å². The van der Waals surface area contributed by atoms with Crippen molar-refractivity contribution in [1.82, 2.24) is 15.0 Å². The molecule has 0 unspecified atom stereocenters. The van der Waals surface area contributed by atoms with E-state index in [2.05, 4.69) is 14.7 Å². The Morgan fingerprint density at radius 2 is 0.947 bits per heavy atom. The first kappa shape index (κ1) is 24.0. The number of piperidine rings is 1. The minimum Gasteiger partial charge on any atom is -0.378 e. The van der Waals surface area contributed by atoms with E-state index in [1.807, 2.05) is 0 Å². The molecule has 4 aliphatic carbocycles. The number of aromatic nitrogens is 3. The molecular formula is C26H38N6O6. The molecule has 0 atom stereocenters. The van der Waals surface area contributed by atoms with Crippen molar-refractivity contribution in [3.63, 3.8) is 0 Å². The van der Waals surface area contributed by atoms with Crippen LogP contribution in [0.4, 0.5) is 17.8 Å². The van der Waals surface area contributed by atoms with Gasteiger partial charge in [0.15, 0.2) is 0 Å². The first-order chi connectivity index (χ1) is 18.7. The van der Waals surface area contributed by atoms with Crippen LogP contribution in [0.3, 0.4) is 0 Å². The van der Waals surface area contributed by atoms with Gasteiger partial charge in [-0.2, -0.15) is 34.5 Å². The van der Waals surface area contributed by atoms with Gasteiger partial charge in [-0.25, -0.2) is 0 Å². The second-order valence-corrected chi connectivity index (χ2v) is 12.2. The molecule has 1 aromatic heterocycles. The second-order valence-electron chi connectivity index (χ2n) is 12.2. The zero-order valence-electron chi connectivity index (χ0n) is 22.0. The standard InChI is InChI=1S/C26H38N6O6/c1-3-30(22-27-23(31-5-9-33-10-6-31)29-24(28-22)32-7-11-34-12-8-32)4-2-25(1)35-37-26(38-36-25)20-14-18-13-19(16-20)17-21(26)15-18/h18-21H,1-17H2. The monoisotopic (exact) mass is 530 g/mol. The van der Waals surface area contributed by atoms with Crippen molar-refractivity contribution in [3.8, 4) is 0 Å². The van der Waals surface area contributed by atoms with Crippen LogP contribution in [0, 0.1) is 23.7 Å². The highest BCUT2D eigenvalue weighted by Crippen LogP contribution is 2.61. The summed E-state index contributed by atoms with van der Waals surface area (Å²) in [5, 5.41) is 0. The Balaban J connectivity index is 0.972. The van der Waals surface area contributed by atoms with Gasteiger partial charge in [0.05, 0.1) is 26.4 Å². The third-order valence-corrected chi connectivity index (χ3v) is 9.92. The Bertz CT molecular complexity index is 949. The van der Waals surface area contributed by atoms with Crippen LogP contribution < -0.4 is 14.7 Å². The maximum absolute atomic E-state index is 6.23. The quantitative estimate of drug-likeness (QED) is 0.533. The van der Waals surface area contributed by atoms with E-state index in [4.69, 9.17) is 44.0 Å². The topological polar surface area (TPSA) is 104 Å². The van der Waals surface area contributed by atoms with Crippen molar-refractivity contribution in [2.75, 3.05) is 80.4 Å². The summed E-state index contributed by atoms with van der Waals surface area (Å²) in [4.78, 5) is 45.9. The van der Waals surface area contributed by atoms with E-state index in [1.165, 1.54) is 6.42 Å². The lowest BCUT2D eigenvalue weighted by atomic mass is 9.53. The molecule has 4 saturated heterocycles. The Hall–Kier alpha value is -1.83. The number of anilines is 3. The summed E-state index contributed by atoms with van der Waals surface area (Å²) in [6.07, 6.45) is 7.24. The lowest BCUT2D eigenvalue weighted by Crippen LogP contribution is -2.65. The lowest BCUT2D eigenvalue weighted by Gasteiger charge is -2.60. The molecule has 9 rings (SSSR count). The molecule has 12 heteroatoms. The molecule has 0 aromatic carbocycles. The average molecular weight is 531 g/mol. The SMILES string of the molecule is C1CN(c2nc(N3CCOCC3)nc(N3CCC4(CC3)OOC3(OO4)C4CC5CC(C4)CC3C5)n2)CCO1. The van der Waals surface area contributed by atoms with Gasteiger partial charge >= 0.3 is 0 Å². The first-order valence-electron chi connectivity index (χ1n) is 14.6. The summed E-state index contributed by atoms with van der Waals surface area (Å²) >= 11 is 0. The highest BCUT2D eigenvalue weighted by Gasteiger charge is 2.64.